The summed E-state index contributed by atoms with van der Waals surface area (Å²) >= 11 is 0. The Balaban J connectivity index is 1.31. The maximum Gasteiger partial charge on any atom is 0.310 e. The lowest BCUT2D eigenvalue weighted by atomic mass is 9.34. The summed E-state index contributed by atoms with van der Waals surface area (Å²) in [5, 5.41) is 52.1. The van der Waals surface area contributed by atoms with Gasteiger partial charge in [0.15, 0.2) is 6.29 Å². The van der Waals surface area contributed by atoms with E-state index in [-0.39, 0.29) is 47.4 Å². The van der Waals surface area contributed by atoms with Crippen LogP contribution < -0.4 is 0 Å². The van der Waals surface area contributed by atoms with Gasteiger partial charge in [-0.25, -0.2) is 0 Å². The maximum absolute atomic E-state index is 12.8. The summed E-state index contributed by atoms with van der Waals surface area (Å²) in [5.41, 5.74) is 1.13. The van der Waals surface area contributed by atoms with Gasteiger partial charge >= 0.3 is 5.97 Å². The van der Waals surface area contributed by atoms with E-state index in [1.807, 2.05) is 0 Å². The Hall–Kier alpha value is -1.29. The van der Waals surface area contributed by atoms with E-state index < -0.39 is 41.4 Å². The van der Waals surface area contributed by atoms with Gasteiger partial charge in [-0.05, 0) is 92.3 Å². The number of aliphatic hydroxyl groups is 4. The first-order valence-electron chi connectivity index (χ1n) is 16.2. The van der Waals surface area contributed by atoms with Crippen LogP contribution in [-0.4, -0.2) is 75.4 Å². The van der Waals surface area contributed by atoms with E-state index in [2.05, 4.69) is 40.3 Å². The molecule has 0 spiro atoms. The van der Waals surface area contributed by atoms with Crippen molar-refractivity contribution in [2.45, 2.75) is 123 Å². The van der Waals surface area contributed by atoms with Crippen LogP contribution in [0.15, 0.2) is 23.8 Å². The second-order valence-electron chi connectivity index (χ2n) is 15.8. The second kappa shape index (κ2) is 10.1. The minimum atomic E-state index is -1.36. The Labute approximate surface area is 250 Å². The molecule has 5 N–H and O–H groups in total. The second-order valence-corrected chi connectivity index (χ2v) is 15.8. The fourth-order valence-corrected chi connectivity index (χ4v) is 11.5. The summed E-state index contributed by atoms with van der Waals surface area (Å²) in [4.78, 5) is 12.8. The van der Waals surface area contributed by atoms with E-state index in [1.165, 1.54) is 11.1 Å². The fraction of sp³-hybridized carbons (Fsp3) is 0.853. The Bertz CT molecular complexity index is 1150. The summed E-state index contributed by atoms with van der Waals surface area (Å²) in [7, 11) is 0. The first-order chi connectivity index (χ1) is 19.7. The molecule has 0 aromatic carbocycles. The van der Waals surface area contributed by atoms with Crippen molar-refractivity contribution in [1.82, 2.24) is 0 Å². The van der Waals surface area contributed by atoms with Crippen LogP contribution in [0.5, 0.6) is 0 Å². The number of hydrogen-bond acceptors (Lipinski definition) is 7. The highest BCUT2D eigenvalue weighted by Gasteiger charge is 2.69. The van der Waals surface area contributed by atoms with Crippen LogP contribution in [0.3, 0.4) is 0 Å². The number of carboxylic acids is 1. The predicted molar refractivity (Wildman–Crippen MR) is 156 cm³/mol. The molecule has 1 heterocycles. The van der Waals surface area contributed by atoms with Gasteiger partial charge in [-0.2, -0.15) is 0 Å². The highest BCUT2D eigenvalue weighted by molar-refractivity contribution is 5.77. The van der Waals surface area contributed by atoms with E-state index in [9.17, 15) is 30.3 Å². The average Bonchev–Trinajstić information content (AvgIpc) is 2.95. The number of rotatable bonds is 4. The van der Waals surface area contributed by atoms with Crippen molar-refractivity contribution in [2.75, 3.05) is 13.2 Å². The van der Waals surface area contributed by atoms with Crippen LogP contribution in [-0.2, 0) is 14.3 Å². The third-order valence-electron chi connectivity index (χ3n) is 14.3. The van der Waals surface area contributed by atoms with Gasteiger partial charge in [0, 0.05) is 11.3 Å². The van der Waals surface area contributed by atoms with Crippen LogP contribution >= 0.6 is 0 Å². The zero-order chi connectivity index (χ0) is 30.5. The summed E-state index contributed by atoms with van der Waals surface area (Å²) < 4.78 is 12.0. The average molecular weight is 589 g/mol. The molecule has 1 aliphatic heterocycles. The normalized spacial score (nSPS) is 54.1. The Morgan fingerprint density at radius 1 is 1.02 bits per heavy atom. The highest BCUT2D eigenvalue weighted by atomic mass is 16.7. The monoisotopic (exact) mass is 588 g/mol. The summed E-state index contributed by atoms with van der Waals surface area (Å²) in [5.74, 6) is -0.0716. The minimum absolute atomic E-state index is 0.00123. The molecule has 6 rings (SSSR count). The first-order valence-corrected chi connectivity index (χ1v) is 16.2. The topological polar surface area (TPSA) is 137 Å². The molecule has 0 bridgehead atoms. The largest absolute Gasteiger partial charge is 0.481 e. The first kappa shape index (κ1) is 30.7. The van der Waals surface area contributed by atoms with Crippen LogP contribution in [0.2, 0.25) is 0 Å². The summed E-state index contributed by atoms with van der Waals surface area (Å²) in [6, 6.07) is 0. The number of hydrogen-bond donors (Lipinski definition) is 5. The lowest BCUT2D eigenvalue weighted by molar-refractivity contribution is -0.312. The molecule has 6 aliphatic rings. The van der Waals surface area contributed by atoms with Gasteiger partial charge in [0.1, 0.15) is 18.3 Å². The standard InChI is InChI=1S/C34H52O8/c1-19-8-13-34(29(39)40)15-14-32(4)20(21(34)16-19)6-7-24-30(2)11-10-25(42-28-27(38)26(37)22(36)17-41-28)31(3,18-35)23(30)9-12-33(24,32)5/h6,21-28,35-38H,1,7-18H2,2-5H3,(H,39,40)/t21-,22+,23-,24-,25+,26+,27-,28+,30+,31+,32-,33-,34+/m1/s1. The number of fused-ring (bicyclic) bond motifs is 7. The van der Waals surface area contributed by atoms with Gasteiger partial charge in [0.25, 0.3) is 0 Å². The molecule has 0 radical (unpaired) electrons. The Kier molecular flexibility index (Phi) is 7.40. The van der Waals surface area contributed by atoms with Crippen molar-refractivity contribution in [3.8, 4) is 0 Å². The van der Waals surface area contributed by atoms with Crippen LogP contribution in [0.25, 0.3) is 0 Å². The van der Waals surface area contributed by atoms with Crippen molar-refractivity contribution in [3.63, 3.8) is 0 Å². The smallest absolute Gasteiger partial charge is 0.310 e. The molecule has 0 aromatic rings. The lowest BCUT2D eigenvalue weighted by Gasteiger charge is -2.71. The molecule has 4 saturated carbocycles. The molecule has 42 heavy (non-hydrogen) atoms. The van der Waals surface area contributed by atoms with Crippen molar-refractivity contribution >= 4 is 5.97 Å². The van der Waals surface area contributed by atoms with Crippen LogP contribution in [0, 0.1) is 44.8 Å². The Morgan fingerprint density at radius 3 is 2.45 bits per heavy atom. The molecule has 8 nitrogen and oxygen atoms in total. The summed E-state index contributed by atoms with van der Waals surface area (Å²) in [6.45, 7) is 13.5. The van der Waals surface area contributed by atoms with Gasteiger partial charge < -0.3 is 35.0 Å². The van der Waals surface area contributed by atoms with Crippen molar-refractivity contribution in [1.29, 1.82) is 0 Å². The number of carbonyl (C=O) groups is 1. The quantitative estimate of drug-likeness (QED) is 0.244. The number of carboxylic acid groups (broad SMARTS) is 1. The molecule has 13 atom stereocenters. The predicted octanol–water partition coefficient (Wildman–Crippen LogP) is 4.20. The molecule has 5 fully saturated rings. The molecular formula is C34H52O8. The minimum Gasteiger partial charge on any atom is -0.481 e. The zero-order valence-corrected chi connectivity index (χ0v) is 25.8. The maximum atomic E-state index is 12.8. The number of aliphatic hydroxyl groups excluding tert-OH is 4. The third kappa shape index (κ3) is 3.97. The van der Waals surface area contributed by atoms with E-state index in [0.717, 1.165) is 44.9 Å². The number of ether oxygens (including phenoxy) is 2. The molecule has 0 amide bonds. The summed E-state index contributed by atoms with van der Waals surface area (Å²) in [6.07, 6.45) is 5.45. The Morgan fingerprint density at radius 2 is 1.76 bits per heavy atom. The molecule has 1 saturated heterocycles. The lowest BCUT2D eigenvalue weighted by Crippen LogP contribution is -2.66. The third-order valence-corrected chi connectivity index (χ3v) is 14.3. The van der Waals surface area contributed by atoms with Crippen molar-refractivity contribution < 1.29 is 39.8 Å². The van der Waals surface area contributed by atoms with Crippen LogP contribution in [0.1, 0.15) is 91.9 Å². The molecule has 0 aromatic heterocycles. The van der Waals surface area contributed by atoms with Gasteiger partial charge in [-0.15, -0.1) is 0 Å². The van der Waals surface area contributed by atoms with Gasteiger partial charge in [0.05, 0.1) is 24.7 Å². The van der Waals surface area contributed by atoms with Gasteiger partial charge in [0.2, 0.25) is 0 Å². The van der Waals surface area contributed by atoms with Gasteiger partial charge in [-0.1, -0.05) is 51.5 Å². The fourth-order valence-electron chi connectivity index (χ4n) is 11.5. The van der Waals surface area contributed by atoms with E-state index in [1.54, 1.807) is 0 Å². The van der Waals surface area contributed by atoms with Crippen molar-refractivity contribution in [3.05, 3.63) is 23.8 Å². The SMILES string of the molecule is C=C1CC[C@]2(C(=O)O)CC[C@]3(C)C(=CC[C@@H]4[C@@]5(C)CC[C@H](O[C@@H]6OC[C@H](O)[C@H](O)[C@H]6O)[C@@](C)(CO)[C@@H]5CC[C@]43C)[C@H]2C1. The molecule has 0 unspecified atom stereocenters. The molecule has 8 heteroatoms. The number of aliphatic carboxylic acids is 1. The number of allylic oxidation sites excluding steroid dienone is 3. The van der Waals surface area contributed by atoms with Gasteiger partial charge in [-0.3, -0.25) is 4.79 Å². The molecule has 5 aliphatic carbocycles. The zero-order valence-electron chi connectivity index (χ0n) is 25.8. The van der Waals surface area contributed by atoms with Crippen molar-refractivity contribution in [2.24, 2.45) is 44.8 Å². The highest BCUT2D eigenvalue weighted by Crippen LogP contribution is 2.75. The van der Waals surface area contributed by atoms with E-state index in [0.29, 0.717) is 25.2 Å². The molecule has 236 valence electrons. The van der Waals surface area contributed by atoms with E-state index >= 15 is 0 Å². The van der Waals surface area contributed by atoms with E-state index in [4.69, 9.17) is 9.47 Å². The van der Waals surface area contributed by atoms with Crippen LogP contribution in [0.4, 0.5) is 0 Å². The molecular weight excluding hydrogens is 536 g/mol.